The van der Waals surface area contributed by atoms with Gasteiger partial charge in [-0.25, -0.2) is 0 Å². The largest absolute Gasteiger partial charge is 0.493 e. The average Bonchev–Trinajstić information content (AvgIpc) is 2.55. The number of fused-ring (bicyclic) bond motifs is 1. The molecule has 0 N–H and O–H groups in total. The van der Waals surface area contributed by atoms with Crippen LogP contribution in [-0.4, -0.2) is 57.5 Å². The summed E-state index contributed by atoms with van der Waals surface area (Å²) in [5.74, 6) is 0.950. The normalized spacial score (nSPS) is 17.0. The lowest BCUT2D eigenvalue weighted by Gasteiger charge is -2.35. The first kappa shape index (κ1) is 17.3. The minimum Gasteiger partial charge on any atom is -0.493 e. The smallest absolute Gasteiger partial charge is 0.268 e. The molecule has 126 valence electrons. The van der Waals surface area contributed by atoms with E-state index in [0.29, 0.717) is 35.7 Å². The molecule has 0 saturated heterocycles. The molecule has 0 radical (unpaired) electrons. The van der Waals surface area contributed by atoms with E-state index < -0.39 is 6.10 Å². The maximum Gasteiger partial charge on any atom is 0.268 e. The summed E-state index contributed by atoms with van der Waals surface area (Å²) in [6.07, 6.45) is 1.65. The van der Waals surface area contributed by atoms with E-state index in [1.807, 2.05) is 21.0 Å². The van der Waals surface area contributed by atoms with Gasteiger partial charge in [-0.15, -0.1) is 0 Å². The number of carbonyl (C=O) groups is 2. The lowest BCUT2D eigenvalue weighted by Crippen LogP contribution is -2.46. The highest BCUT2D eigenvalue weighted by molar-refractivity contribution is 6.01. The molecule has 0 spiro atoms. The van der Waals surface area contributed by atoms with Crippen LogP contribution in [0.15, 0.2) is 12.1 Å². The van der Waals surface area contributed by atoms with E-state index in [1.54, 1.807) is 17.0 Å². The summed E-state index contributed by atoms with van der Waals surface area (Å²) in [7, 11) is 5.52. The number of benzene rings is 1. The van der Waals surface area contributed by atoms with Crippen LogP contribution < -0.4 is 14.4 Å². The third kappa shape index (κ3) is 3.64. The van der Waals surface area contributed by atoms with Gasteiger partial charge in [0.25, 0.3) is 5.91 Å². The van der Waals surface area contributed by atoms with Crippen molar-refractivity contribution in [2.45, 2.75) is 25.9 Å². The Labute approximate surface area is 137 Å². The fourth-order valence-electron chi connectivity index (χ4n) is 2.67. The van der Waals surface area contributed by atoms with Crippen LogP contribution in [0.5, 0.6) is 11.5 Å². The molecule has 0 aliphatic carbocycles. The predicted octanol–water partition coefficient (Wildman–Crippen LogP) is 1.96. The molecule has 2 rings (SSSR count). The van der Waals surface area contributed by atoms with E-state index in [2.05, 4.69) is 4.90 Å². The van der Waals surface area contributed by atoms with Gasteiger partial charge in [-0.2, -0.15) is 0 Å². The monoisotopic (exact) mass is 320 g/mol. The molecule has 1 aromatic rings. The van der Waals surface area contributed by atoms with Crippen LogP contribution >= 0.6 is 0 Å². The molecule has 0 fully saturated rings. The SMILES string of the molecule is CCC1Oc2c(OC)cc(C=O)cc2N(CCCN(C)C)C1=O. The summed E-state index contributed by atoms with van der Waals surface area (Å²) >= 11 is 0. The summed E-state index contributed by atoms with van der Waals surface area (Å²) < 4.78 is 11.2. The van der Waals surface area contributed by atoms with Crippen LogP contribution in [0.2, 0.25) is 0 Å². The van der Waals surface area contributed by atoms with Gasteiger partial charge in [0.1, 0.15) is 6.29 Å². The van der Waals surface area contributed by atoms with Crippen LogP contribution in [0.1, 0.15) is 30.1 Å². The van der Waals surface area contributed by atoms with Crippen molar-refractivity contribution in [2.75, 3.05) is 39.2 Å². The minimum absolute atomic E-state index is 0.0659. The first-order valence-corrected chi connectivity index (χ1v) is 7.81. The molecule has 1 heterocycles. The van der Waals surface area contributed by atoms with E-state index in [0.717, 1.165) is 19.3 Å². The highest BCUT2D eigenvalue weighted by atomic mass is 16.5. The number of hydrogen-bond donors (Lipinski definition) is 0. The number of carbonyl (C=O) groups excluding carboxylic acids is 2. The Bertz CT molecular complexity index is 586. The van der Waals surface area contributed by atoms with Gasteiger partial charge in [-0.1, -0.05) is 6.92 Å². The number of rotatable bonds is 7. The molecule has 1 amide bonds. The van der Waals surface area contributed by atoms with Crippen LogP contribution in [0.25, 0.3) is 0 Å². The third-order valence-corrected chi connectivity index (χ3v) is 3.86. The standard InChI is InChI=1S/C17H24N2O4/c1-5-14-17(21)19(8-6-7-18(2)3)13-9-12(11-20)10-15(22-4)16(13)23-14/h9-11,14H,5-8H2,1-4H3. The number of anilines is 1. The van der Waals surface area contributed by atoms with Gasteiger partial charge in [0.2, 0.25) is 0 Å². The Hall–Kier alpha value is -2.08. The molecule has 1 unspecified atom stereocenters. The average molecular weight is 320 g/mol. The van der Waals surface area contributed by atoms with Crippen molar-refractivity contribution in [3.8, 4) is 11.5 Å². The van der Waals surface area contributed by atoms with E-state index in [1.165, 1.54) is 7.11 Å². The van der Waals surface area contributed by atoms with Crippen molar-refractivity contribution in [3.63, 3.8) is 0 Å². The Morgan fingerprint density at radius 2 is 2.13 bits per heavy atom. The Morgan fingerprint density at radius 3 is 2.70 bits per heavy atom. The number of nitrogens with zero attached hydrogens (tertiary/aromatic N) is 2. The molecule has 6 nitrogen and oxygen atoms in total. The van der Waals surface area contributed by atoms with E-state index >= 15 is 0 Å². The number of ether oxygens (including phenoxy) is 2. The van der Waals surface area contributed by atoms with Crippen LogP contribution in [0.3, 0.4) is 0 Å². The zero-order valence-corrected chi connectivity index (χ0v) is 14.2. The van der Waals surface area contributed by atoms with Crippen LogP contribution in [0, 0.1) is 0 Å². The van der Waals surface area contributed by atoms with Crippen molar-refractivity contribution < 1.29 is 19.1 Å². The summed E-state index contributed by atoms with van der Waals surface area (Å²) in [6, 6.07) is 3.32. The fraction of sp³-hybridized carbons (Fsp3) is 0.529. The number of methoxy groups -OCH3 is 1. The minimum atomic E-state index is -0.516. The summed E-state index contributed by atoms with van der Waals surface area (Å²) in [6.45, 7) is 3.37. The summed E-state index contributed by atoms with van der Waals surface area (Å²) in [4.78, 5) is 27.6. The van der Waals surface area contributed by atoms with Gasteiger partial charge in [0, 0.05) is 12.1 Å². The summed E-state index contributed by atoms with van der Waals surface area (Å²) in [5.41, 5.74) is 1.07. The Kier molecular flexibility index (Phi) is 5.60. The van der Waals surface area contributed by atoms with Gasteiger partial charge in [-0.3, -0.25) is 9.59 Å². The molecule has 1 aromatic carbocycles. The van der Waals surface area contributed by atoms with Gasteiger partial charge in [0.05, 0.1) is 12.8 Å². The van der Waals surface area contributed by atoms with Crippen molar-refractivity contribution in [1.29, 1.82) is 0 Å². The van der Waals surface area contributed by atoms with Gasteiger partial charge >= 0.3 is 0 Å². The molecule has 0 bridgehead atoms. The number of amides is 1. The molecule has 23 heavy (non-hydrogen) atoms. The van der Waals surface area contributed by atoms with Gasteiger partial charge in [0.15, 0.2) is 17.6 Å². The number of hydrogen-bond acceptors (Lipinski definition) is 5. The Morgan fingerprint density at radius 1 is 1.39 bits per heavy atom. The highest BCUT2D eigenvalue weighted by Gasteiger charge is 2.35. The molecule has 0 saturated carbocycles. The second kappa shape index (κ2) is 7.46. The molecule has 0 aromatic heterocycles. The van der Waals surface area contributed by atoms with E-state index in [-0.39, 0.29) is 5.91 Å². The van der Waals surface area contributed by atoms with Gasteiger partial charge in [-0.05, 0) is 45.6 Å². The molecule has 1 aliphatic rings. The third-order valence-electron chi connectivity index (χ3n) is 3.86. The fourth-order valence-corrected chi connectivity index (χ4v) is 2.67. The molecule has 1 aliphatic heterocycles. The second-order valence-electron chi connectivity index (χ2n) is 5.85. The molecule has 6 heteroatoms. The molecular formula is C17H24N2O4. The maximum atomic E-state index is 12.7. The van der Waals surface area contributed by atoms with Crippen molar-refractivity contribution >= 4 is 17.9 Å². The van der Waals surface area contributed by atoms with Crippen LogP contribution in [0.4, 0.5) is 5.69 Å². The zero-order chi connectivity index (χ0) is 17.0. The van der Waals surface area contributed by atoms with Crippen molar-refractivity contribution in [1.82, 2.24) is 4.90 Å². The lowest BCUT2D eigenvalue weighted by molar-refractivity contribution is -0.126. The topological polar surface area (TPSA) is 59.1 Å². The van der Waals surface area contributed by atoms with E-state index in [9.17, 15) is 9.59 Å². The quantitative estimate of drug-likeness (QED) is 0.719. The summed E-state index contributed by atoms with van der Waals surface area (Å²) in [5, 5.41) is 0. The Balaban J connectivity index is 2.40. The molecular weight excluding hydrogens is 296 g/mol. The highest BCUT2D eigenvalue weighted by Crippen LogP contribution is 2.43. The molecule has 1 atom stereocenters. The van der Waals surface area contributed by atoms with Crippen molar-refractivity contribution in [3.05, 3.63) is 17.7 Å². The zero-order valence-electron chi connectivity index (χ0n) is 14.2. The number of aldehydes is 1. The predicted molar refractivity (Wildman–Crippen MR) is 88.6 cm³/mol. The van der Waals surface area contributed by atoms with E-state index in [4.69, 9.17) is 9.47 Å². The van der Waals surface area contributed by atoms with Gasteiger partial charge < -0.3 is 19.3 Å². The van der Waals surface area contributed by atoms with Crippen molar-refractivity contribution in [2.24, 2.45) is 0 Å². The second-order valence-corrected chi connectivity index (χ2v) is 5.85. The first-order chi connectivity index (χ1) is 11.0. The lowest BCUT2D eigenvalue weighted by atomic mass is 10.1. The maximum absolute atomic E-state index is 12.7. The van der Waals surface area contributed by atoms with Crippen LogP contribution in [-0.2, 0) is 4.79 Å². The first-order valence-electron chi connectivity index (χ1n) is 7.81.